The van der Waals surface area contributed by atoms with Gasteiger partial charge in [0.1, 0.15) is 0 Å². The molecular formula is C15H22O. The van der Waals surface area contributed by atoms with Crippen molar-refractivity contribution in [2.45, 2.75) is 39.2 Å². The molecule has 0 fully saturated rings. The maximum atomic E-state index is 5.68. The minimum absolute atomic E-state index is 0.297. The molecule has 0 heterocycles. The van der Waals surface area contributed by atoms with Crippen LogP contribution in [0.15, 0.2) is 24.3 Å². The minimum Gasteiger partial charge on any atom is -0.377 e. The van der Waals surface area contributed by atoms with Crippen LogP contribution in [0.1, 0.15) is 43.9 Å². The topological polar surface area (TPSA) is 9.23 Å². The van der Waals surface area contributed by atoms with Gasteiger partial charge in [-0.15, -0.1) is 0 Å². The summed E-state index contributed by atoms with van der Waals surface area (Å²) in [5.74, 6) is 1.55. The average molecular weight is 218 g/mol. The lowest BCUT2D eigenvalue weighted by atomic mass is 9.87. The standard InChI is InChI=1S/C15H22O/c1-11(2)13-9-8-12-6-4-5-7-14(12)15(10-13)16-3/h4-7,11,13,15H,8-10H2,1-3H3/t13-,15-/m0/s1. The maximum Gasteiger partial charge on any atom is 0.0826 e. The molecule has 2 atom stereocenters. The largest absolute Gasteiger partial charge is 0.377 e. The van der Waals surface area contributed by atoms with Crippen LogP contribution in [0.2, 0.25) is 0 Å². The normalized spacial score (nSPS) is 25.2. The van der Waals surface area contributed by atoms with Gasteiger partial charge < -0.3 is 4.74 Å². The lowest BCUT2D eigenvalue weighted by Gasteiger charge is -2.22. The molecule has 0 radical (unpaired) electrons. The molecule has 2 rings (SSSR count). The van der Waals surface area contributed by atoms with E-state index in [0.717, 1.165) is 11.8 Å². The van der Waals surface area contributed by atoms with Gasteiger partial charge in [-0.25, -0.2) is 0 Å². The summed E-state index contributed by atoms with van der Waals surface area (Å²) < 4.78 is 5.68. The molecule has 1 aromatic rings. The second kappa shape index (κ2) is 5.01. The molecule has 1 aliphatic carbocycles. The number of benzene rings is 1. The van der Waals surface area contributed by atoms with Gasteiger partial charge in [-0.05, 0) is 42.2 Å². The van der Waals surface area contributed by atoms with Crippen LogP contribution in [0, 0.1) is 11.8 Å². The van der Waals surface area contributed by atoms with Gasteiger partial charge in [0, 0.05) is 7.11 Å². The molecule has 0 aromatic heterocycles. The van der Waals surface area contributed by atoms with Gasteiger partial charge in [0.05, 0.1) is 6.10 Å². The van der Waals surface area contributed by atoms with Gasteiger partial charge in [0.15, 0.2) is 0 Å². The van der Waals surface area contributed by atoms with Crippen LogP contribution in [0.25, 0.3) is 0 Å². The first kappa shape index (κ1) is 11.7. The second-order valence-corrected chi connectivity index (χ2v) is 5.20. The van der Waals surface area contributed by atoms with E-state index in [9.17, 15) is 0 Å². The van der Waals surface area contributed by atoms with Gasteiger partial charge in [-0.3, -0.25) is 0 Å². The van der Waals surface area contributed by atoms with Gasteiger partial charge in [0.25, 0.3) is 0 Å². The second-order valence-electron chi connectivity index (χ2n) is 5.20. The molecule has 16 heavy (non-hydrogen) atoms. The molecule has 0 saturated heterocycles. The molecule has 1 heteroatoms. The molecule has 88 valence electrons. The zero-order chi connectivity index (χ0) is 11.5. The van der Waals surface area contributed by atoms with Gasteiger partial charge in [-0.1, -0.05) is 38.1 Å². The number of ether oxygens (including phenoxy) is 1. The lowest BCUT2D eigenvalue weighted by molar-refractivity contribution is 0.0741. The smallest absolute Gasteiger partial charge is 0.0826 e. The number of hydrogen-bond acceptors (Lipinski definition) is 1. The van der Waals surface area contributed by atoms with Crippen molar-refractivity contribution in [2.24, 2.45) is 11.8 Å². The highest BCUT2D eigenvalue weighted by atomic mass is 16.5. The summed E-state index contributed by atoms with van der Waals surface area (Å²) in [6, 6.07) is 8.75. The van der Waals surface area contributed by atoms with Crippen LogP contribution in [-0.4, -0.2) is 7.11 Å². The van der Waals surface area contributed by atoms with Crippen molar-refractivity contribution < 1.29 is 4.74 Å². The number of methoxy groups -OCH3 is 1. The number of hydrogen-bond donors (Lipinski definition) is 0. The van der Waals surface area contributed by atoms with Crippen LogP contribution in [0.4, 0.5) is 0 Å². The summed E-state index contributed by atoms with van der Waals surface area (Å²) in [7, 11) is 1.84. The fraction of sp³-hybridized carbons (Fsp3) is 0.600. The van der Waals surface area contributed by atoms with Crippen LogP contribution in [0.3, 0.4) is 0 Å². The monoisotopic (exact) mass is 218 g/mol. The van der Waals surface area contributed by atoms with E-state index in [-0.39, 0.29) is 0 Å². The molecule has 0 spiro atoms. The maximum absolute atomic E-state index is 5.68. The third-order valence-corrected chi connectivity index (χ3v) is 3.93. The Bertz CT molecular complexity index is 343. The Balaban J connectivity index is 2.27. The molecule has 0 unspecified atom stereocenters. The fourth-order valence-corrected chi connectivity index (χ4v) is 2.77. The highest BCUT2D eigenvalue weighted by Gasteiger charge is 2.25. The summed E-state index contributed by atoms with van der Waals surface area (Å²) in [5.41, 5.74) is 2.89. The van der Waals surface area contributed by atoms with E-state index < -0.39 is 0 Å². The molecule has 1 aliphatic rings. The van der Waals surface area contributed by atoms with Crippen LogP contribution in [-0.2, 0) is 11.2 Å². The van der Waals surface area contributed by atoms with E-state index in [4.69, 9.17) is 4.74 Å². The molecule has 0 bridgehead atoms. The summed E-state index contributed by atoms with van der Waals surface area (Å²) in [6.45, 7) is 4.65. The highest BCUT2D eigenvalue weighted by Crippen LogP contribution is 2.36. The molecule has 0 aliphatic heterocycles. The average Bonchev–Trinajstić information content (AvgIpc) is 2.48. The Hall–Kier alpha value is -0.820. The number of aryl methyl sites for hydroxylation is 1. The third kappa shape index (κ3) is 2.30. The van der Waals surface area contributed by atoms with Crippen molar-refractivity contribution >= 4 is 0 Å². The van der Waals surface area contributed by atoms with E-state index >= 15 is 0 Å². The van der Waals surface area contributed by atoms with Crippen molar-refractivity contribution in [1.29, 1.82) is 0 Å². The molecule has 0 N–H and O–H groups in total. The third-order valence-electron chi connectivity index (χ3n) is 3.93. The zero-order valence-electron chi connectivity index (χ0n) is 10.6. The summed E-state index contributed by atoms with van der Waals surface area (Å²) >= 11 is 0. The first-order valence-corrected chi connectivity index (χ1v) is 6.33. The van der Waals surface area contributed by atoms with E-state index in [0.29, 0.717) is 6.10 Å². The Morgan fingerprint density at radius 2 is 2.00 bits per heavy atom. The first-order chi connectivity index (χ1) is 7.72. The van der Waals surface area contributed by atoms with Crippen molar-refractivity contribution in [3.63, 3.8) is 0 Å². The minimum atomic E-state index is 0.297. The number of fused-ring (bicyclic) bond motifs is 1. The summed E-state index contributed by atoms with van der Waals surface area (Å²) in [5, 5.41) is 0. The zero-order valence-corrected chi connectivity index (χ0v) is 10.6. The SMILES string of the molecule is CO[C@H]1C[C@@H](C(C)C)CCc2ccccc21. The van der Waals surface area contributed by atoms with Gasteiger partial charge in [0.2, 0.25) is 0 Å². The van der Waals surface area contributed by atoms with E-state index in [1.165, 1.54) is 30.4 Å². The number of rotatable bonds is 2. The molecule has 0 amide bonds. The lowest BCUT2D eigenvalue weighted by Crippen LogP contribution is -2.12. The predicted molar refractivity (Wildman–Crippen MR) is 67.5 cm³/mol. The van der Waals surface area contributed by atoms with Crippen molar-refractivity contribution in [2.75, 3.05) is 7.11 Å². The summed E-state index contributed by atoms with van der Waals surface area (Å²) in [6.07, 6.45) is 3.98. The molecule has 1 nitrogen and oxygen atoms in total. The molecular weight excluding hydrogens is 196 g/mol. The van der Waals surface area contributed by atoms with E-state index in [1.807, 2.05) is 7.11 Å². The summed E-state index contributed by atoms with van der Waals surface area (Å²) in [4.78, 5) is 0. The molecule has 1 aromatic carbocycles. The highest BCUT2D eigenvalue weighted by molar-refractivity contribution is 5.30. The van der Waals surface area contributed by atoms with E-state index in [1.54, 1.807) is 0 Å². The Morgan fingerprint density at radius 3 is 2.69 bits per heavy atom. The Morgan fingerprint density at radius 1 is 1.25 bits per heavy atom. The van der Waals surface area contributed by atoms with Gasteiger partial charge >= 0.3 is 0 Å². The fourth-order valence-electron chi connectivity index (χ4n) is 2.77. The quantitative estimate of drug-likeness (QED) is 0.682. The van der Waals surface area contributed by atoms with Crippen molar-refractivity contribution in [3.05, 3.63) is 35.4 Å². The van der Waals surface area contributed by atoms with Crippen LogP contribution >= 0.6 is 0 Å². The molecule has 0 saturated carbocycles. The van der Waals surface area contributed by atoms with Gasteiger partial charge in [-0.2, -0.15) is 0 Å². The van der Waals surface area contributed by atoms with Crippen molar-refractivity contribution in [1.82, 2.24) is 0 Å². The van der Waals surface area contributed by atoms with Crippen LogP contribution in [0.5, 0.6) is 0 Å². The Labute approximate surface area is 98.8 Å². The predicted octanol–water partition coefficient (Wildman–Crippen LogP) is 3.98. The van der Waals surface area contributed by atoms with E-state index in [2.05, 4.69) is 38.1 Å². The first-order valence-electron chi connectivity index (χ1n) is 6.33. The van der Waals surface area contributed by atoms with Crippen LogP contribution < -0.4 is 0 Å². The Kier molecular flexibility index (Phi) is 3.65. The van der Waals surface area contributed by atoms with Crippen molar-refractivity contribution in [3.8, 4) is 0 Å².